The summed E-state index contributed by atoms with van der Waals surface area (Å²) in [7, 11) is 0. The molecule has 0 bridgehead atoms. The smallest absolute Gasteiger partial charge is 0.134 e. The molecular formula is C35H35F. The lowest BCUT2D eigenvalue weighted by Gasteiger charge is -2.06. The van der Waals surface area contributed by atoms with Gasteiger partial charge in [-0.1, -0.05) is 92.3 Å². The van der Waals surface area contributed by atoms with Crippen LogP contribution in [0.5, 0.6) is 0 Å². The summed E-state index contributed by atoms with van der Waals surface area (Å²) in [6, 6.07) is 27.2. The van der Waals surface area contributed by atoms with E-state index in [1.165, 1.54) is 42.4 Å². The van der Waals surface area contributed by atoms with Gasteiger partial charge >= 0.3 is 0 Å². The molecule has 0 heterocycles. The van der Waals surface area contributed by atoms with Gasteiger partial charge in [0.1, 0.15) is 5.82 Å². The molecule has 0 spiro atoms. The van der Waals surface area contributed by atoms with Crippen LogP contribution in [0.15, 0.2) is 91.5 Å². The van der Waals surface area contributed by atoms with Crippen molar-refractivity contribution in [1.29, 1.82) is 0 Å². The van der Waals surface area contributed by atoms with Crippen molar-refractivity contribution in [2.45, 2.75) is 58.3 Å². The number of halogens is 1. The number of rotatable bonds is 10. The lowest BCUT2D eigenvalue weighted by atomic mass is 10.00. The van der Waals surface area contributed by atoms with Crippen molar-refractivity contribution in [2.75, 3.05) is 0 Å². The van der Waals surface area contributed by atoms with Crippen LogP contribution in [0.1, 0.15) is 66.0 Å². The standard InChI is InChI=1S/C35H35F/c1-3-5-7-8-27-10-12-28(13-11-27)14-15-29-16-18-30(19-17-29)20-21-31-22-25-34-33(26-31)24-23-32(35(34)36)9-6-4-2/h4,10-13,16-19,22-26H,2-3,5-9,14-15H2,1H3. The molecule has 0 unspecified atom stereocenters. The van der Waals surface area contributed by atoms with Crippen molar-refractivity contribution < 1.29 is 4.39 Å². The second-order valence-corrected chi connectivity index (χ2v) is 9.52. The quantitative estimate of drug-likeness (QED) is 0.122. The molecule has 4 aromatic rings. The van der Waals surface area contributed by atoms with Gasteiger partial charge < -0.3 is 0 Å². The number of benzene rings is 4. The minimum atomic E-state index is -0.132. The zero-order valence-electron chi connectivity index (χ0n) is 21.3. The third-order valence-corrected chi connectivity index (χ3v) is 6.75. The van der Waals surface area contributed by atoms with Gasteiger partial charge in [-0.3, -0.25) is 0 Å². The molecule has 0 aliphatic carbocycles. The molecule has 0 fully saturated rings. The highest BCUT2D eigenvalue weighted by Crippen LogP contribution is 2.23. The van der Waals surface area contributed by atoms with E-state index in [1.807, 2.05) is 36.4 Å². The van der Waals surface area contributed by atoms with Crippen LogP contribution < -0.4 is 0 Å². The molecule has 0 aliphatic rings. The predicted molar refractivity (Wildman–Crippen MR) is 152 cm³/mol. The van der Waals surface area contributed by atoms with Crippen LogP contribution in [0.2, 0.25) is 0 Å². The first-order chi connectivity index (χ1) is 17.7. The highest BCUT2D eigenvalue weighted by molar-refractivity contribution is 5.85. The third kappa shape index (κ3) is 6.96. The van der Waals surface area contributed by atoms with Crippen molar-refractivity contribution in [3.05, 3.63) is 131 Å². The van der Waals surface area contributed by atoms with Crippen LogP contribution >= 0.6 is 0 Å². The van der Waals surface area contributed by atoms with Crippen molar-refractivity contribution in [3.8, 4) is 11.8 Å². The van der Waals surface area contributed by atoms with E-state index in [2.05, 4.69) is 73.9 Å². The highest BCUT2D eigenvalue weighted by Gasteiger charge is 2.07. The molecule has 1 heteroatoms. The van der Waals surface area contributed by atoms with E-state index in [4.69, 9.17) is 0 Å². The van der Waals surface area contributed by atoms with Gasteiger partial charge in [-0.2, -0.15) is 0 Å². The molecule has 0 N–H and O–H groups in total. The average Bonchev–Trinajstić information content (AvgIpc) is 2.92. The van der Waals surface area contributed by atoms with Gasteiger partial charge in [0.25, 0.3) is 0 Å². The van der Waals surface area contributed by atoms with Crippen LogP contribution in [-0.4, -0.2) is 0 Å². The fraction of sp³-hybridized carbons (Fsp3) is 0.257. The van der Waals surface area contributed by atoms with Crippen LogP contribution in [0.4, 0.5) is 4.39 Å². The minimum Gasteiger partial charge on any atom is -0.206 e. The highest BCUT2D eigenvalue weighted by atomic mass is 19.1. The van der Waals surface area contributed by atoms with Gasteiger partial charge in [-0.15, -0.1) is 6.58 Å². The van der Waals surface area contributed by atoms with E-state index < -0.39 is 0 Å². The fourth-order valence-corrected chi connectivity index (χ4v) is 4.50. The van der Waals surface area contributed by atoms with Crippen LogP contribution in [0, 0.1) is 17.7 Å². The number of fused-ring (bicyclic) bond motifs is 1. The molecule has 4 rings (SSSR count). The molecular weight excluding hydrogens is 439 g/mol. The number of allylic oxidation sites excluding steroid dienone is 1. The summed E-state index contributed by atoms with van der Waals surface area (Å²) in [6.45, 7) is 5.97. The Hall–Kier alpha value is -3.63. The Labute approximate surface area is 215 Å². The Kier molecular flexibility index (Phi) is 9.12. The van der Waals surface area contributed by atoms with E-state index in [1.54, 1.807) is 0 Å². The first-order valence-electron chi connectivity index (χ1n) is 13.2. The summed E-state index contributed by atoms with van der Waals surface area (Å²) in [5.74, 6) is 6.36. The summed E-state index contributed by atoms with van der Waals surface area (Å²) in [4.78, 5) is 0. The first-order valence-corrected chi connectivity index (χ1v) is 13.2. The van der Waals surface area contributed by atoms with Gasteiger partial charge in [-0.05, 0) is 90.4 Å². The normalized spacial score (nSPS) is 10.7. The molecule has 4 aromatic carbocycles. The Morgan fingerprint density at radius 1 is 0.694 bits per heavy atom. The van der Waals surface area contributed by atoms with E-state index in [0.717, 1.165) is 41.3 Å². The lowest BCUT2D eigenvalue weighted by Crippen LogP contribution is -1.93. The van der Waals surface area contributed by atoms with Crippen molar-refractivity contribution >= 4 is 10.8 Å². The van der Waals surface area contributed by atoms with Gasteiger partial charge in [-0.25, -0.2) is 4.39 Å². The molecule has 0 saturated carbocycles. The SMILES string of the molecule is C=CCCc1ccc2cc(C#Cc3ccc(CCc4ccc(CCCCC)cc4)cc3)ccc2c1F. The summed E-state index contributed by atoms with van der Waals surface area (Å²) >= 11 is 0. The minimum absolute atomic E-state index is 0.132. The maximum absolute atomic E-state index is 14.8. The molecule has 36 heavy (non-hydrogen) atoms. The van der Waals surface area contributed by atoms with Gasteiger partial charge in [0, 0.05) is 16.5 Å². The zero-order chi connectivity index (χ0) is 25.2. The zero-order valence-corrected chi connectivity index (χ0v) is 21.3. The monoisotopic (exact) mass is 474 g/mol. The number of hydrogen-bond acceptors (Lipinski definition) is 0. The van der Waals surface area contributed by atoms with Crippen LogP contribution in [-0.2, 0) is 25.7 Å². The molecule has 0 aliphatic heterocycles. The average molecular weight is 475 g/mol. The molecule has 182 valence electrons. The second-order valence-electron chi connectivity index (χ2n) is 9.52. The van der Waals surface area contributed by atoms with E-state index in [0.29, 0.717) is 11.8 Å². The van der Waals surface area contributed by atoms with E-state index >= 15 is 0 Å². The summed E-state index contributed by atoms with van der Waals surface area (Å²) in [6.07, 6.45) is 10.4. The molecule has 0 nitrogen and oxygen atoms in total. The molecule has 0 atom stereocenters. The second kappa shape index (κ2) is 12.9. The predicted octanol–water partition coefficient (Wildman–Crippen LogP) is 9.02. The lowest BCUT2D eigenvalue weighted by molar-refractivity contribution is 0.621. The van der Waals surface area contributed by atoms with Crippen molar-refractivity contribution in [3.63, 3.8) is 0 Å². The summed E-state index contributed by atoms with van der Waals surface area (Å²) in [5.41, 5.74) is 6.77. The molecule has 0 amide bonds. The third-order valence-electron chi connectivity index (χ3n) is 6.75. The first kappa shape index (κ1) is 25.5. The van der Waals surface area contributed by atoms with Gasteiger partial charge in [0.05, 0.1) is 0 Å². The van der Waals surface area contributed by atoms with Crippen molar-refractivity contribution in [2.24, 2.45) is 0 Å². The maximum atomic E-state index is 14.8. The number of aryl methyl sites for hydroxylation is 4. The maximum Gasteiger partial charge on any atom is 0.134 e. The molecule has 0 aromatic heterocycles. The topological polar surface area (TPSA) is 0 Å². The summed E-state index contributed by atoms with van der Waals surface area (Å²) < 4.78 is 14.8. The van der Waals surface area contributed by atoms with Crippen molar-refractivity contribution in [1.82, 2.24) is 0 Å². The molecule has 0 saturated heterocycles. The van der Waals surface area contributed by atoms with E-state index in [9.17, 15) is 4.39 Å². The fourth-order valence-electron chi connectivity index (χ4n) is 4.50. The largest absolute Gasteiger partial charge is 0.206 e. The summed E-state index contributed by atoms with van der Waals surface area (Å²) in [5, 5.41) is 1.53. The Balaban J connectivity index is 1.35. The van der Waals surface area contributed by atoms with Crippen LogP contribution in [0.25, 0.3) is 10.8 Å². The Bertz CT molecular complexity index is 1350. The van der Waals surface area contributed by atoms with Crippen LogP contribution in [0.3, 0.4) is 0 Å². The Morgan fingerprint density at radius 2 is 1.31 bits per heavy atom. The van der Waals surface area contributed by atoms with Gasteiger partial charge in [0.2, 0.25) is 0 Å². The van der Waals surface area contributed by atoms with E-state index in [-0.39, 0.29) is 5.82 Å². The Morgan fingerprint density at radius 3 is 1.97 bits per heavy atom. The molecule has 0 radical (unpaired) electrons. The number of hydrogen-bond donors (Lipinski definition) is 0. The number of unbranched alkanes of at least 4 members (excludes halogenated alkanes) is 2. The van der Waals surface area contributed by atoms with Gasteiger partial charge in [0.15, 0.2) is 0 Å².